The summed E-state index contributed by atoms with van der Waals surface area (Å²) in [5.74, 6) is -0.242. The Morgan fingerprint density at radius 3 is 2.53 bits per heavy atom. The van der Waals surface area contributed by atoms with Crippen molar-refractivity contribution in [3.63, 3.8) is 0 Å². The Labute approximate surface area is 122 Å². The second-order valence-electron chi connectivity index (χ2n) is 3.27. The first-order valence-corrected chi connectivity index (χ1v) is 6.71. The molecule has 2 aromatic rings. The summed E-state index contributed by atoms with van der Waals surface area (Å²) < 4.78 is 12.8. The van der Waals surface area contributed by atoms with E-state index < -0.39 is 0 Å². The second-order valence-corrected chi connectivity index (χ2v) is 5.18. The fourth-order valence-electron chi connectivity index (χ4n) is 1.46. The molecule has 0 aliphatic rings. The van der Waals surface area contributed by atoms with E-state index in [1.54, 1.807) is 12.1 Å². The predicted molar refractivity (Wildman–Crippen MR) is 79.7 cm³/mol. The SMILES string of the molecule is Br.Nc1nc(-c2ccc(F)cc2)c(CCBr)s1. The van der Waals surface area contributed by atoms with E-state index in [2.05, 4.69) is 20.9 Å². The molecular formula is C11H11Br2FN2S. The van der Waals surface area contributed by atoms with Gasteiger partial charge in [-0.1, -0.05) is 15.9 Å². The molecule has 0 bridgehead atoms. The number of hydrogen-bond acceptors (Lipinski definition) is 3. The molecule has 1 heterocycles. The molecule has 0 aliphatic heterocycles. The van der Waals surface area contributed by atoms with Crippen LogP contribution in [0, 0.1) is 5.82 Å². The molecule has 2 rings (SSSR count). The van der Waals surface area contributed by atoms with Crippen LogP contribution in [0.1, 0.15) is 4.88 Å². The van der Waals surface area contributed by atoms with Gasteiger partial charge in [0.15, 0.2) is 5.13 Å². The van der Waals surface area contributed by atoms with Gasteiger partial charge in [-0.25, -0.2) is 9.37 Å². The number of benzene rings is 1. The van der Waals surface area contributed by atoms with Crippen molar-refractivity contribution < 1.29 is 4.39 Å². The Morgan fingerprint density at radius 2 is 1.94 bits per heavy atom. The van der Waals surface area contributed by atoms with Crippen molar-refractivity contribution in [3.8, 4) is 11.3 Å². The van der Waals surface area contributed by atoms with Crippen LogP contribution in [-0.4, -0.2) is 10.3 Å². The van der Waals surface area contributed by atoms with Crippen molar-refractivity contribution >= 4 is 49.4 Å². The molecule has 2 nitrogen and oxygen atoms in total. The number of aryl methyl sites for hydroxylation is 1. The van der Waals surface area contributed by atoms with Crippen LogP contribution >= 0.6 is 44.2 Å². The summed E-state index contributed by atoms with van der Waals surface area (Å²) in [5.41, 5.74) is 7.47. The van der Waals surface area contributed by atoms with Crippen molar-refractivity contribution in [2.45, 2.75) is 6.42 Å². The van der Waals surface area contributed by atoms with E-state index >= 15 is 0 Å². The van der Waals surface area contributed by atoms with Crippen molar-refractivity contribution in [2.24, 2.45) is 0 Å². The average molecular weight is 382 g/mol. The van der Waals surface area contributed by atoms with E-state index in [0.29, 0.717) is 5.13 Å². The molecule has 1 aromatic heterocycles. The molecule has 1 aromatic carbocycles. The standard InChI is InChI=1S/C11H10BrFN2S.BrH/c12-6-5-9-10(15-11(14)16-9)7-1-3-8(13)4-2-7;/h1-4H,5-6H2,(H2,14,15);1H. The molecule has 92 valence electrons. The van der Waals surface area contributed by atoms with Crippen molar-refractivity contribution in [1.29, 1.82) is 0 Å². The third-order valence-corrected chi connectivity index (χ3v) is 3.49. The summed E-state index contributed by atoms with van der Waals surface area (Å²) in [6, 6.07) is 6.31. The number of nitrogens with two attached hydrogens (primary N) is 1. The average Bonchev–Trinajstić information content (AvgIpc) is 2.61. The number of nitrogen functional groups attached to an aromatic ring is 1. The molecule has 0 fully saturated rings. The first-order valence-electron chi connectivity index (χ1n) is 4.78. The quantitative estimate of drug-likeness (QED) is 0.814. The Bertz CT molecular complexity index is 485. The van der Waals surface area contributed by atoms with Gasteiger partial charge in [-0.2, -0.15) is 0 Å². The fourth-order valence-corrected chi connectivity index (χ4v) is 2.97. The normalized spacial score (nSPS) is 10.0. The van der Waals surface area contributed by atoms with Crippen LogP contribution in [0.3, 0.4) is 0 Å². The Balaban J connectivity index is 0.00000144. The van der Waals surface area contributed by atoms with Crippen LogP contribution in [-0.2, 0) is 6.42 Å². The summed E-state index contributed by atoms with van der Waals surface area (Å²) >= 11 is 4.87. The van der Waals surface area contributed by atoms with Crippen LogP contribution in [0.5, 0.6) is 0 Å². The van der Waals surface area contributed by atoms with Crippen molar-refractivity contribution in [1.82, 2.24) is 4.98 Å². The topological polar surface area (TPSA) is 38.9 Å². The summed E-state index contributed by atoms with van der Waals surface area (Å²) in [7, 11) is 0. The number of aromatic nitrogens is 1. The molecule has 0 atom stereocenters. The molecule has 0 radical (unpaired) electrons. The van der Waals surface area contributed by atoms with Crippen LogP contribution in [0.2, 0.25) is 0 Å². The molecule has 17 heavy (non-hydrogen) atoms. The first-order chi connectivity index (χ1) is 7.70. The van der Waals surface area contributed by atoms with E-state index in [1.165, 1.54) is 23.5 Å². The van der Waals surface area contributed by atoms with E-state index in [-0.39, 0.29) is 22.8 Å². The summed E-state index contributed by atoms with van der Waals surface area (Å²) in [5, 5.41) is 1.42. The van der Waals surface area contributed by atoms with E-state index in [0.717, 1.165) is 27.9 Å². The Morgan fingerprint density at radius 1 is 1.29 bits per heavy atom. The lowest BCUT2D eigenvalue weighted by molar-refractivity contribution is 0.628. The van der Waals surface area contributed by atoms with Gasteiger partial charge in [-0.15, -0.1) is 28.3 Å². The minimum atomic E-state index is -0.242. The molecule has 0 unspecified atom stereocenters. The van der Waals surface area contributed by atoms with E-state index in [4.69, 9.17) is 5.73 Å². The molecular weight excluding hydrogens is 371 g/mol. The van der Waals surface area contributed by atoms with Crippen molar-refractivity contribution in [3.05, 3.63) is 35.0 Å². The zero-order chi connectivity index (χ0) is 11.5. The van der Waals surface area contributed by atoms with Gasteiger partial charge in [-0.3, -0.25) is 0 Å². The number of anilines is 1. The summed E-state index contributed by atoms with van der Waals surface area (Å²) in [4.78, 5) is 5.41. The van der Waals surface area contributed by atoms with E-state index in [1.807, 2.05) is 0 Å². The van der Waals surface area contributed by atoms with Gasteiger partial charge in [0, 0.05) is 15.8 Å². The molecule has 6 heteroatoms. The molecule has 0 amide bonds. The molecule has 0 saturated heterocycles. The van der Waals surface area contributed by atoms with Crippen LogP contribution < -0.4 is 5.73 Å². The fraction of sp³-hybridized carbons (Fsp3) is 0.182. The number of halogens is 3. The maximum absolute atomic E-state index is 12.8. The second kappa shape index (κ2) is 6.47. The van der Waals surface area contributed by atoms with Crippen LogP contribution in [0.4, 0.5) is 9.52 Å². The Kier molecular flexibility index (Phi) is 5.55. The van der Waals surface area contributed by atoms with Gasteiger partial charge in [0.25, 0.3) is 0 Å². The number of thiazole rings is 1. The largest absolute Gasteiger partial charge is 0.375 e. The number of hydrogen-bond donors (Lipinski definition) is 1. The van der Waals surface area contributed by atoms with E-state index in [9.17, 15) is 4.39 Å². The van der Waals surface area contributed by atoms with Crippen LogP contribution in [0.15, 0.2) is 24.3 Å². The van der Waals surface area contributed by atoms with Gasteiger partial charge >= 0.3 is 0 Å². The maximum Gasteiger partial charge on any atom is 0.180 e. The maximum atomic E-state index is 12.8. The van der Waals surface area contributed by atoms with Gasteiger partial charge in [0.1, 0.15) is 5.82 Å². The monoisotopic (exact) mass is 380 g/mol. The predicted octanol–water partition coefficient (Wildman–Crippen LogP) is 4.05. The molecule has 0 spiro atoms. The van der Waals surface area contributed by atoms with Gasteiger partial charge in [0.05, 0.1) is 5.69 Å². The first kappa shape index (κ1) is 14.6. The smallest absolute Gasteiger partial charge is 0.180 e. The lowest BCUT2D eigenvalue weighted by Gasteiger charge is -2.00. The summed E-state index contributed by atoms with van der Waals surface area (Å²) in [6.45, 7) is 0. The third-order valence-electron chi connectivity index (χ3n) is 2.15. The lowest BCUT2D eigenvalue weighted by atomic mass is 10.1. The lowest BCUT2D eigenvalue weighted by Crippen LogP contribution is -1.88. The van der Waals surface area contributed by atoms with Gasteiger partial charge < -0.3 is 5.73 Å². The molecule has 0 saturated carbocycles. The summed E-state index contributed by atoms with van der Waals surface area (Å²) in [6.07, 6.45) is 0.877. The highest BCUT2D eigenvalue weighted by Gasteiger charge is 2.10. The third kappa shape index (κ3) is 3.50. The number of nitrogens with zero attached hydrogens (tertiary/aromatic N) is 1. The Hall–Kier alpha value is -0.460. The molecule has 2 N–H and O–H groups in total. The van der Waals surface area contributed by atoms with Crippen molar-refractivity contribution in [2.75, 3.05) is 11.1 Å². The zero-order valence-electron chi connectivity index (χ0n) is 8.82. The minimum Gasteiger partial charge on any atom is -0.375 e. The number of alkyl halides is 1. The van der Waals surface area contributed by atoms with Gasteiger partial charge in [-0.05, 0) is 30.7 Å². The highest BCUT2D eigenvalue weighted by Crippen LogP contribution is 2.30. The number of rotatable bonds is 3. The zero-order valence-corrected chi connectivity index (χ0v) is 12.9. The van der Waals surface area contributed by atoms with Crippen LogP contribution in [0.25, 0.3) is 11.3 Å². The minimum absolute atomic E-state index is 0. The van der Waals surface area contributed by atoms with Gasteiger partial charge in [0.2, 0.25) is 0 Å². The highest BCUT2D eigenvalue weighted by molar-refractivity contribution is 9.09. The molecule has 0 aliphatic carbocycles. The highest BCUT2D eigenvalue weighted by atomic mass is 79.9.